The predicted octanol–water partition coefficient (Wildman–Crippen LogP) is 4.08. The number of hydrogen-bond acceptors (Lipinski definition) is 4. The maximum Gasteiger partial charge on any atom is 0.270 e. The summed E-state index contributed by atoms with van der Waals surface area (Å²) in [6, 6.07) is 12.6. The smallest absolute Gasteiger partial charge is 0.270 e. The largest absolute Gasteiger partial charge is 0.467 e. The molecule has 1 fully saturated rings. The van der Waals surface area contributed by atoms with Crippen molar-refractivity contribution in [2.24, 2.45) is 5.92 Å². The monoisotopic (exact) mass is 369 g/mol. The number of non-ortho nitro benzene ring substituents is 1. The Hall–Kier alpha value is -2.67. The Bertz CT molecular complexity index is 932. The second-order valence-electron chi connectivity index (χ2n) is 6.97. The van der Waals surface area contributed by atoms with Crippen molar-refractivity contribution in [3.05, 3.63) is 63.7 Å². The quantitative estimate of drug-likeness (QED) is 0.489. The van der Waals surface area contributed by atoms with Crippen LogP contribution in [0.4, 0.5) is 11.4 Å². The van der Waals surface area contributed by atoms with Crippen molar-refractivity contribution in [3.63, 3.8) is 0 Å². The van der Waals surface area contributed by atoms with Crippen LogP contribution in [0.2, 0.25) is 0 Å². The fourth-order valence-electron chi connectivity index (χ4n) is 3.89. The van der Waals surface area contributed by atoms with Crippen LogP contribution < -0.4 is 15.0 Å². The average Bonchev–Trinajstić information content (AvgIpc) is 2.59. The Labute approximate surface area is 156 Å². The van der Waals surface area contributed by atoms with Crippen LogP contribution in [0, 0.1) is 23.0 Å². The molecule has 0 amide bonds. The zero-order valence-electron chi connectivity index (χ0n) is 14.7. The highest BCUT2D eigenvalue weighted by Gasteiger charge is 2.54. The second kappa shape index (κ2) is 5.67. The number of nitro benzene ring substituents is 1. The van der Waals surface area contributed by atoms with E-state index in [2.05, 4.69) is 12.2 Å². The lowest BCUT2D eigenvalue weighted by Gasteiger charge is -2.56. The van der Waals surface area contributed by atoms with Crippen molar-refractivity contribution < 1.29 is 9.66 Å². The first-order chi connectivity index (χ1) is 12.3. The normalized spacial score (nSPS) is 26.6. The Morgan fingerprint density at radius 1 is 1.31 bits per heavy atom. The summed E-state index contributed by atoms with van der Waals surface area (Å²) in [5.41, 5.74) is 2.22. The summed E-state index contributed by atoms with van der Waals surface area (Å²) < 4.78 is 6.41. The molecular formula is C19H19N3O3S. The number of thiocarbonyl (C=S) groups is 1. The molecule has 26 heavy (non-hydrogen) atoms. The van der Waals surface area contributed by atoms with Gasteiger partial charge in [0.1, 0.15) is 5.75 Å². The van der Waals surface area contributed by atoms with Crippen molar-refractivity contribution in [1.29, 1.82) is 0 Å². The third-order valence-corrected chi connectivity index (χ3v) is 5.78. The van der Waals surface area contributed by atoms with Gasteiger partial charge in [-0.15, -0.1) is 0 Å². The van der Waals surface area contributed by atoms with Gasteiger partial charge >= 0.3 is 0 Å². The van der Waals surface area contributed by atoms with Gasteiger partial charge in [-0.1, -0.05) is 25.1 Å². The fraction of sp³-hybridized carbons (Fsp3) is 0.316. The van der Waals surface area contributed by atoms with Gasteiger partial charge < -0.3 is 10.1 Å². The SMILES string of the molecule is Cc1ccccc1N1C(=S)N[C@@H]2c3cc([N+](=O)[O-])ccc3O[C@]1(C)[C@@H]2C. The lowest BCUT2D eigenvalue weighted by Crippen LogP contribution is -2.69. The first-order valence-electron chi connectivity index (χ1n) is 8.46. The number of anilines is 1. The molecule has 2 aromatic rings. The molecular weight excluding hydrogens is 350 g/mol. The lowest BCUT2D eigenvalue weighted by atomic mass is 9.80. The number of benzene rings is 2. The highest BCUT2D eigenvalue weighted by Crippen LogP contribution is 2.50. The zero-order valence-corrected chi connectivity index (χ0v) is 15.5. The van der Waals surface area contributed by atoms with Gasteiger partial charge in [0.2, 0.25) is 0 Å². The van der Waals surface area contributed by atoms with E-state index in [0.29, 0.717) is 10.9 Å². The Morgan fingerprint density at radius 2 is 2.04 bits per heavy atom. The van der Waals surface area contributed by atoms with E-state index >= 15 is 0 Å². The van der Waals surface area contributed by atoms with E-state index in [0.717, 1.165) is 16.8 Å². The Kier molecular flexibility index (Phi) is 3.66. The summed E-state index contributed by atoms with van der Waals surface area (Å²) in [5.74, 6) is 0.665. The lowest BCUT2D eigenvalue weighted by molar-refractivity contribution is -0.385. The van der Waals surface area contributed by atoms with Crippen molar-refractivity contribution in [1.82, 2.24) is 5.32 Å². The van der Waals surface area contributed by atoms with Crippen molar-refractivity contribution in [3.8, 4) is 5.75 Å². The molecule has 0 saturated carbocycles. The summed E-state index contributed by atoms with van der Waals surface area (Å²) in [7, 11) is 0. The molecule has 2 heterocycles. The molecule has 2 aromatic carbocycles. The van der Waals surface area contributed by atoms with E-state index in [1.807, 2.05) is 43.0 Å². The number of nitrogens with zero attached hydrogens (tertiary/aromatic N) is 2. The van der Waals surface area contributed by atoms with Crippen LogP contribution in [0.5, 0.6) is 5.75 Å². The van der Waals surface area contributed by atoms with E-state index in [-0.39, 0.29) is 22.6 Å². The minimum atomic E-state index is -0.692. The summed E-state index contributed by atoms with van der Waals surface area (Å²) in [6.45, 7) is 6.14. The predicted molar refractivity (Wildman–Crippen MR) is 103 cm³/mol. The molecule has 0 unspecified atom stereocenters. The molecule has 4 rings (SSSR count). The molecule has 0 radical (unpaired) electrons. The number of hydrogen-bond donors (Lipinski definition) is 1. The number of fused-ring (bicyclic) bond motifs is 4. The van der Waals surface area contributed by atoms with Gasteiger partial charge in [-0.2, -0.15) is 0 Å². The summed E-state index contributed by atoms with van der Waals surface area (Å²) in [6.07, 6.45) is 0. The highest BCUT2D eigenvalue weighted by atomic mass is 32.1. The van der Waals surface area contributed by atoms with Crippen LogP contribution in [0.25, 0.3) is 0 Å². The van der Waals surface area contributed by atoms with Crippen molar-refractivity contribution >= 4 is 28.7 Å². The van der Waals surface area contributed by atoms with Crippen LogP contribution >= 0.6 is 12.2 Å². The molecule has 6 nitrogen and oxygen atoms in total. The number of aryl methyl sites for hydroxylation is 1. The molecule has 0 aliphatic carbocycles. The second-order valence-corrected chi connectivity index (χ2v) is 7.36. The van der Waals surface area contributed by atoms with Crippen LogP contribution in [-0.2, 0) is 0 Å². The van der Waals surface area contributed by atoms with Crippen LogP contribution in [0.15, 0.2) is 42.5 Å². The average molecular weight is 369 g/mol. The number of nitrogens with one attached hydrogen (secondary N) is 1. The summed E-state index contributed by atoms with van der Waals surface area (Å²) in [4.78, 5) is 12.8. The minimum absolute atomic E-state index is 0.0170. The molecule has 1 N–H and O–H groups in total. The van der Waals surface area contributed by atoms with Crippen molar-refractivity contribution in [2.75, 3.05) is 4.90 Å². The summed E-state index contributed by atoms with van der Waals surface area (Å²) >= 11 is 5.66. The van der Waals surface area contributed by atoms with Gasteiger partial charge in [-0.25, -0.2) is 0 Å². The molecule has 2 bridgehead atoms. The number of para-hydroxylation sites is 1. The minimum Gasteiger partial charge on any atom is -0.467 e. The molecule has 3 atom stereocenters. The third kappa shape index (κ3) is 2.27. The zero-order chi connectivity index (χ0) is 18.6. The van der Waals surface area contributed by atoms with E-state index in [1.54, 1.807) is 12.1 Å². The van der Waals surface area contributed by atoms with E-state index in [1.165, 1.54) is 6.07 Å². The van der Waals surface area contributed by atoms with Gasteiger partial charge in [0.15, 0.2) is 10.8 Å². The van der Waals surface area contributed by atoms with Crippen LogP contribution in [0.1, 0.15) is 31.0 Å². The molecule has 1 saturated heterocycles. The van der Waals surface area contributed by atoms with E-state index < -0.39 is 5.72 Å². The fourth-order valence-corrected chi connectivity index (χ4v) is 4.30. The molecule has 2 aliphatic heterocycles. The maximum absolute atomic E-state index is 11.2. The van der Waals surface area contributed by atoms with Gasteiger partial charge in [0, 0.05) is 29.3 Å². The molecule has 2 aliphatic rings. The molecule has 7 heteroatoms. The molecule has 0 aromatic heterocycles. The van der Waals surface area contributed by atoms with Crippen LogP contribution in [-0.4, -0.2) is 15.8 Å². The number of ether oxygens (including phenoxy) is 1. The third-order valence-electron chi connectivity index (χ3n) is 5.48. The van der Waals surface area contributed by atoms with Gasteiger partial charge in [-0.3, -0.25) is 15.0 Å². The van der Waals surface area contributed by atoms with Gasteiger partial charge in [0.05, 0.1) is 11.0 Å². The topological polar surface area (TPSA) is 67.6 Å². The standard InChI is InChI=1S/C19H19N3O3S/c1-11-6-4-5-7-15(11)21-18(26)20-17-12(2)19(21,3)25-16-9-8-13(22(23)24)10-14(16)17/h4-10,12,17H,1-3H3,(H,20,26)/t12-,17+,19-/m1/s1. The van der Waals surface area contributed by atoms with Crippen LogP contribution in [0.3, 0.4) is 0 Å². The van der Waals surface area contributed by atoms with Gasteiger partial charge in [0.25, 0.3) is 5.69 Å². The molecule has 0 spiro atoms. The summed E-state index contributed by atoms with van der Waals surface area (Å²) in [5, 5.41) is 15.1. The Morgan fingerprint density at radius 3 is 2.73 bits per heavy atom. The first-order valence-corrected chi connectivity index (χ1v) is 8.87. The highest BCUT2D eigenvalue weighted by molar-refractivity contribution is 7.80. The Balaban J connectivity index is 1.86. The number of nitro groups is 1. The number of rotatable bonds is 2. The van der Waals surface area contributed by atoms with E-state index in [9.17, 15) is 10.1 Å². The maximum atomic E-state index is 11.2. The van der Waals surface area contributed by atoms with E-state index in [4.69, 9.17) is 17.0 Å². The van der Waals surface area contributed by atoms with Gasteiger partial charge in [-0.05, 0) is 43.8 Å². The molecule has 134 valence electrons. The van der Waals surface area contributed by atoms with Crippen molar-refractivity contribution in [2.45, 2.75) is 32.5 Å². The first kappa shape index (κ1) is 16.8.